The third-order valence-electron chi connectivity index (χ3n) is 4.66. The highest BCUT2D eigenvalue weighted by Crippen LogP contribution is 2.33. The van der Waals surface area contributed by atoms with Crippen LogP contribution in [0.2, 0.25) is 0 Å². The molecule has 1 heterocycles. The molecule has 1 amide bonds. The summed E-state index contributed by atoms with van der Waals surface area (Å²) in [7, 11) is 1.63. The quantitative estimate of drug-likeness (QED) is 0.395. The minimum atomic E-state index is -0.104. The number of hydrogen-bond donors (Lipinski definition) is 0. The van der Waals surface area contributed by atoms with Crippen molar-refractivity contribution in [2.24, 2.45) is 0 Å². The standard InChI is InChI=1S/C24H22N2O3S/c1-3-29-19-11-9-18(10-12-19)23(27)26(16-17-7-5-4-6-8-17)24-25-21-15-20(28-2)13-14-22(21)30-24/h4-15H,3,16H2,1-2H3. The molecule has 0 fully saturated rings. The van der Waals surface area contributed by atoms with E-state index in [-0.39, 0.29) is 5.91 Å². The first kappa shape index (κ1) is 19.9. The molecule has 152 valence electrons. The van der Waals surface area contributed by atoms with E-state index >= 15 is 0 Å². The van der Waals surface area contributed by atoms with E-state index in [4.69, 9.17) is 14.5 Å². The Hall–Kier alpha value is -3.38. The van der Waals surface area contributed by atoms with Crippen molar-refractivity contribution in [3.63, 3.8) is 0 Å². The lowest BCUT2D eigenvalue weighted by molar-refractivity contribution is 0.0985. The number of amides is 1. The topological polar surface area (TPSA) is 51.7 Å². The molecule has 0 bridgehead atoms. The number of methoxy groups -OCH3 is 1. The Balaban J connectivity index is 1.71. The van der Waals surface area contributed by atoms with E-state index in [9.17, 15) is 4.79 Å². The molecule has 0 saturated heterocycles. The van der Waals surface area contributed by atoms with Crippen molar-refractivity contribution >= 4 is 32.6 Å². The van der Waals surface area contributed by atoms with Crippen molar-refractivity contribution in [3.05, 3.63) is 83.9 Å². The number of nitrogens with zero attached hydrogens (tertiary/aromatic N) is 2. The van der Waals surface area contributed by atoms with E-state index in [1.807, 2.05) is 67.6 Å². The third-order valence-corrected chi connectivity index (χ3v) is 5.71. The molecule has 4 rings (SSSR count). The fraction of sp³-hybridized carbons (Fsp3) is 0.167. The number of aromatic nitrogens is 1. The Morgan fingerprint density at radius 1 is 1.00 bits per heavy atom. The maximum absolute atomic E-state index is 13.4. The largest absolute Gasteiger partial charge is 0.497 e. The van der Waals surface area contributed by atoms with E-state index in [0.717, 1.165) is 27.3 Å². The molecule has 4 aromatic rings. The monoisotopic (exact) mass is 418 g/mol. The van der Waals surface area contributed by atoms with Gasteiger partial charge in [0.25, 0.3) is 5.91 Å². The fourth-order valence-electron chi connectivity index (χ4n) is 3.15. The van der Waals surface area contributed by atoms with Crippen LogP contribution in [0.4, 0.5) is 5.13 Å². The molecule has 6 heteroatoms. The molecule has 0 aliphatic heterocycles. The summed E-state index contributed by atoms with van der Waals surface area (Å²) >= 11 is 1.49. The Labute approximate surface area is 179 Å². The van der Waals surface area contributed by atoms with Gasteiger partial charge in [-0.1, -0.05) is 41.7 Å². The van der Waals surface area contributed by atoms with Crippen LogP contribution >= 0.6 is 11.3 Å². The van der Waals surface area contributed by atoms with E-state index in [1.165, 1.54) is 11.3 Å². The first-order valence-corrected chi connectivity index (χ1v) is 10.5. The summed E-state index contributed by atoms with van der Waals surface area (Å²) in [4.78, 5) is 19.9. The van der Waals surface area contributed by atoms with Crippen LogP contribution in [-0.2, 0) is 6.54 Å². The van der Waals surface area contributed by atoms with Gasteiger partial charge in [-0.05, 0) is 48.9 Å². The van der Waals surface area contributed by atoms with Crippen LogP contribution in [0.25, 0.3) is 10.2 Å². The molecule has 5 nitrogen and oxygen atoms in total. The third kappa shape index (κ3) is 4.28. The van der Waals surface area contributed by atoms with Gasteiger partial charge in [-0.15, -0.1) is 0 Å². The number of carbonyl (C=O) groups excluding carboxylic acids is 1. The predicted molar refractivity (Wildman–Crippen MR) is 121 cm³/mol. The lowest BCUT2D eigenvalue weighted by Gasteiger charge is -2.20. The molecule has 3 aromatic carbocycles. The number of rotatable bonds is 7. The van der Waals surface area contributed by atoms with Crippen molar-refractivity contribution in [1.82, 2.24) is 4.98 Å². The highest BCUT2D eigenvalue weighted by atomic mass is 32.1. The molecule has 0 spiro atoms. The number of hydrogen-bond acceptors (Lipinski definition) is 5. The molecular weight excluding hydrogens is 396 g/mol. The molecule has 1 aromatic heterocycles. The van der Waals surface area contributed by atoms with Crippen molar-refractivity contribution < 1.29 is 14.3 Å². The SMILES string of the molecule is CCOc1ccc(C(=O)N(Cc2ccccc2)c2nc3cc(OC)ccc3s2)cc1. The summed E-state index contributed by atoms with van der Waals surface area (Å²) in [6.07, 6.45) is 0. The van der Waals surface area contributed by atoms with Crippen LogP contribution in [0.5, 0.6) is 11.5 Å². The molecule has 30 heavy (non-hydrogen) atoms. The van der Waals surface area contributed by atoms with Gasteiger partial charge in [0.2, 0.25) is 0 Å². The molecule has 0 saturated carbocycles. The number of thiazole rings is 1. The molecule has 0 aliphatic rings. The van der Waals surface area contributed by atoms with Gasteiger partial charge in [0.1, 0.15) is 11.5 Å². The van der Waals surface area contributed by atoms with Gasteiger partial charge in [-0.3, -0.25) is 9.69 Å². The first-order valence-electron chi connectivity index (χ1n) is 9.71. The molecular formula is C24H22N2O3S. The number of benzene rings is 3. The zero-order valence-electron chi connectivity index (χ0n) is 16.9. The predicted octanol–water partition coefficient (Wildman–Crippen LogP) is 5.55. The molecule has 0 aliphatic carbocycles. The number of ether oxygens (including phenoxy) is 2. The van der Waals surface area contributed by atoms with Crippen LogP contribution in [0.3, 0.4) is 0 Å². The van der Waals surface area contributed by atoms with Crippen molar-refractivity contribution in [3.8, 4) is 11.5 Å². The van der Waals surface area contributed by atoms with Gasteiger partial charge in [0.15, 0.2) is 5.13 Å². The van der Waals surface area contributed by atoms with Crippen LogP contribution in [0.1, 0.15) is 22.8 Å². The average Bonchev–Trinajstić information content (AvgIpc) is 3.21. The van der Waals surface area contributed by atoms with E-state index in [2.05, 4.69) is 0 Å². The minimum Gasteiger partial charge on any atom is -0.497 e. The van der Waals surface area contributed by atoms with Crippen LogP contribution in [0.15, 0.2) is 72.8 Å². The summed E-state index contributed by atoms with van der Waals surface area (Å²) in [6, 6.07) is 22.9. The maximum Gasteiger partial charge on any atom is 0.260 e. The second-order valence-electron chi connectivity index (χ2n) is 6.66. The zero-order valence-corrected chi connectivity index (χ0v) is 17.7. The summed E-state index contributed by atoms with van der Waals surface area (Å²) in [5.41, 5.74) is 2.44. The summed E-state index contributed by atoms with van der Waals surface area (Å²) in [5.74, 6) is 1.38. The second-order valence-corrected chi connectivity index (χ2v) is 7.67. The van der Waals surface area contributed by atoms with E-state index in [0.29, 0.717) is 23.8 Å². The lowest BCUT2D eigenvalue weighted by Crippen LogP contribution is -2.30. The molecule has 0 atom stereocenters. The van der Waals surface area contributed by atoms with Crippen LogP contribution < -0.4 is 14.4 Å². The normalized spacial score (nSPS) is 10.7. The zero-order chi connectivity index (χ0) is 20.9. The van der Waals surface area contributed by atoms with Gasteiger partial charge in [-0.2, -0.15) is 0 Å². The van der Waals surface area contributed by atoms with Crippen molar-refractivity contribution in [2.75, 3.05) is 18.6 Å². The van der Waals surface area contributed by atoms with E-state index < -0.39 is 0 Å². The maximum atomic E-state index is 13.4. The number of carbonyl (C=O) groups is 1. The molecule has 0 unspecified atom stereocenters. The first-order chi connectivity index (χ1) is 14.7. The molecule has 0 N–H and O–H groups in total. The second kappa shape index (κ2) is 8.97. The number of fused-ring (bicyclic) bond motifs is 1. The highest BCUT2D eigenvalue weighted by molar-refractivity contribution is 7.22. The van der Waals surface area contributed by atoms with Gasteiger partial charge in [-0.25, -0.2) is 4.98 Å². The van der Waals surface area contributed by atoms with Crippen molar-refractivity contribution in [2.45, 2.75) is 13.5 Å². The lowest BCUT2D eigenvalue weighted by atomic mass is 10.1. The van der Waals surface area contributed by atoms with Crippen molar-refractivity contribution in [1.29, 1.82) is 0 Å². The summed E-state index contributed by atoms with van der Waals surface area (Å²) < 4.78 is 11.8. The average molecular weight is 419 g/mol. The van der Waals surface area contributed by atoms with Gasteiger partial charge in [0.05, 0.1) is 30.5 Å². The Kier molecular flexibility index (Phi) is 5.95. The number of anilines is 1. The van der Waals surface area contributed by atoms with Crippen LogP contribution in [-0.4, -0.2) is 24.6 Å². The Bertz CT molecular complexity index is 1140. The summed E-state index contributed by atoms with van der Waals surface area (Å²) in [5, 5.41) is 0.654. The van der Waals surface area contributed by atoms with Gasteiger partial charge in [0, 0.05) is 11.6 Å². The van der Waals surface area contributed by atoms with Gasteiger partial charge >= 0.3 is 0 Å². The minimum absolute atomic E-state index is 0.104. The van der Waals surface area contributed by atoms with E-state index in [1.54, 1.807) is 24.1 Å². The Morgan fingerprint density at radius 3 is 2.43 bits per heavy atom. The molecule has 0 radical (unpaired) electrons. The summed E-state index contributed by atoms with van der Waals surface area (Å²) in [6.45, 7) is 2.95. The Morgan fingerprint density at radius 2 is 1.73 bits per heavy atom. The smallest absolute Gasteiger partial charge is 0.260 e. The van der Waals surface area contributed by atoms with Crippen LogP contribution in [0, 0.1) is 0 Å². The fourth-order valence-corrected chi connectivity index (χ4v) is 4.09. The highest BCUT2D eigenvalue weighted by Gasteiger charge is 2.22. The van der Waals surface area contributed by atoms with Gasteiger partial charge < -0.3 is 9.47 Å².